The molecule has 2 rings (SSSR count). The molecular formula is C15H23NO2. The number of aryl methyl sites for hydroxylation is 1. The Balaban J connectivity index is 1.82. The molecule has 2 atom stereocenters. The highest BCUT2D eigenvalue weighted by molar-refractivity contribution is 5.26. The molecule has 18 heavy (non-hydrogen) atoms. The van der Waals surface area contributed by atoms with Crippen LogP contribution in [0, 0.1) is 6.92 Å². The summed E-state index contributed by atoms with van der Waals surface area (Å²) in [6.07, 6.45) is 1.72. The first-order valence-corrected chi connectivity index (χ1v) is 6.67. The Morgan fingerprint density at radius 1 is 1.44 bits per heavy atom. The number of benzene rings is 1. The molecule has 1 aromatic rings. The van der Waals surface area contributed by atoms with Gasteiger partial charge in [0.1, 0.15) is 5.60 Å². The van der Waals surface area contributed by atoms with Crippen LogP contribution in [-0.4, -0.2) is 36.5 Å². The first-order valence-electron chi connectivity index (χ1n) is 6.67. The van der Waals surface area contributed by atoms with Gasteiger partial charge in [-0.15, -0.1) is 0 Å². The van der Waals surface area contributed by atoms with E-state index in [1.807, 2.05) is 0 Å². The Bertz CT molecular complexity index is 386. The zero-order chi connectivity index (χ0) is 13.0. The minimum Gasteiger partial charge on any atom is -0.386 e. The van der Waals surface area contributed by atoms with Gasteiger partial charge in [-0.25, -0.2) is 0 Å². The molecule has 1 aromatic carbocycles. The molecule has 0 spiro atoms. The van der Waals surface area contributed by atoms with E-state index in [1.165, 1.54) is 11.1 Å². The fraction of sp³-hybridized carbons (Fsp3) is 0.600. The molecule has 1 fully saturated rings. The van der Waals surface area contributed by atoms with Crippen LogP contribution in [0.1, 0.15) is 24.5 Å². The van der Waals surface area contributed by atoms with Crippen molar-refractivity contribution in [3.05, 3.63) is 35.4 Å². The maximum Gasteiger partial charge on any atom is 0.102 e. The van der Waals surface area contributed by atoms with Crippen LogP contribution in [0.4, 0.5) is 0 Å². The maximum absolute atomic E-state index is 10.2. The molecule has 0 aliphatic carbocycles. The van der Waals surface area contributed by atoms with Gasteiger partial charge in [0.25, 0.3) is 0 Å². The summed E-state index contributed by atoms with van der Waals surface area (Å²) in [5, 5.41) is 13.6. The van der Waals surface area contributed by atoms with Gasteiger partial charge in [-0.1, -0.05) is 24.3 Å². The van der Waals surface area contributed by atoms with Gasteiger partial charge in [0.15, 0.2) is 0 Å². The van der Waals surface area contributed by atoms with Crippen molar-refractivity contribution in [3.63, 3.8) is 0 Å². The molecule has 0 saturated carbocycles. The van der Waals surface area contributed by atoms with Gasteiger partial charge in [-0.2, -0.15) is 0 Å². The third kappa shape index (κ3) is 3.55. The highest BCUT2D eigenvalue weighted by Crippen LogP contribution is 2.17. The number of hydrogen-bond acceptors (Lipinski definition) is 3. The Kier molecular flexibility index (Phi) is 4.38. The molecule has 1 aliphatic heterocycles. The summed E-state index contributed by atoms with van der Waals surface area (Å²) < 4.78 is 5.24. The third-order valence-corrected chi connectivity index (χ3v) is 3.65. The topological polar surface area (TPSA) is 41.5 Å². The van der Waals surface area contributed by atoms with Gasteiger partial charge < -0.3 is 15.2 Å². The number of nitrogens with one attached hydrogen (secondary N) is 1. The second-order valence-corrected chi connectivity index (χ2v) is 5.44. The van der Waals surface area contributed by atoms with Gasteiger partial charge in [-0.3, -0.25) is 0 Å². The molecule has 2 unspecified atom stereocenters. The van der Waals surface area contributed by atoms with E-state index in [-0.39, 0.29) is 0 Å². The number of aliphatic hydroxyl groups is 1. The second kappa shape index (κ2) is 5.83. The SMILES string of the molecule is Cc1ccccc1CC(C)NCC1(O)CCOC1. The van der Waals surface area contributed by atoms with Gasteiger partial charge in [-0.05, 0) is 31.4 Å². The first kappa shape index (κ1) is 13.5. The van der Waals surface area contributed by atoms with Gasteiger partial charge in [0, 0.05) is 25.6 Å². The lowest BCUT2D eigenvalue weighted by Gasteiger charge is -2.24. The molecule has 1 heterocycles. The maximum atomic E-state index is 10.2. The normalized spacial score (nSPS) is 25.3. The van der Waals surface area contributed by atoms with Crippen molar-refractivity contribution in [2.45, 2.75) is 38.3 Å². The Morgan fingerprint density at radius 2 is 2.22 bits per heavy atom. The van der Waals surface area contributed by atoms with Crippen LogP contribution in [0.5, 0.6) is 0 Å². The van der Waals surface area contributed by atoms with Crippen LogP contribution in [0.3, 0.4) is 0 Å². The molecule has 1 aliphatic rings. The van der Waals surface area contributed by atoms with E-state index in [0.717, 1.165) is 12.8 Å². The lowest BCUT2D eigenvalue weighted by atomic mass is 10.00. The van der Waals surface area contributed by atoms with E-state index in [9.17, 15) is 5.11 Å². The van der Waals surface area contributed by atoms with Crippen LogP contribution in [-0.2, 0) is 11.2 Å². The van der Waals surface area contributed by atoms with Crippen molar-refractivity contribution in [1.29, 1.82) is 0 Å². The van der Waals surface area contributed by atoms with Crippen LogP contribution >= 0.6 is 0 Å². The number of ether oxygens (including phenoxy) is 1. The number of rotatable bonds is 5. The molecule has 0 radical (unpaired) electrons. The predicted octanol–water partition coefficient (Wildman–Crippen LogP) is 1.67. The summed E-state index contributed by atoms with van der Waals surface area (Å²) in [5.41, 5.74) is 2.03. The summed E-state index contributed by atoms with van der Waals surface area (Å²) in [6, 6.07) is 8.81. The van der Waals surface area contributed by atoms with Crippen LogP contribution in [0.2, 0.25) is 0 Å². The fourth-order valence-electron chi connectivity index (χ4n) is 2.34. The summed E-state index contributed by atoms with van der Waals surface area (Å²) in [7, 11) is 0. The van der Waals surface area contributed by atoms with E-state index >= 15 is 0 Å². The van der Waals surface area contributed by atoms with Crippen molar-refractivity contribution in [2.24, 2.45) is 0 Å². The highest BCUT2D eigenvalue weighted by Gasteiger charge is 2.32. The number of hydrogen-bond donors (Lipinski definition) is 2. The van der Waals surface area contributed by atoms with Crippen molar-refractivity contribution < 1.29 is 9.84 Å². The van der Waals surface area contributed by atoms with Crippen LogP contribution in [0.15, 0.2) is 24.3 Å². The van der Waals surface area contributed by atoms with Crippen molar-refractivity contribution in [2.75, 3.05) is 19.8 Å². The van der Waals surface area contributed by atoms with E-state index < -0.39 is 5.60 Å². The average Bonchev–Trinajstić information content (AvgIpc) is 2.77. The molecule has 0 aromatic heterocycles. The van der Waals surface area contributed by atoms with Gasteiger partial charge >= 0.3 is 0 Å². The van der Waals surface area contributed by atoms with Crippen LogP contribution in [0.25, 0.3) is 0 Å². The van der Waals surface area contributed by atoms with E-state index in [4.69, 9.17) is 4.74 Å². The third-order valence-electron chi connectivity index (χ3n) is 3.65. The summed E-state index contributed by atoms with van der Waals surface area (Å²) in [6.45, 7) is 6.04. The first-order chi connectivity index (χ1) is 8.59. The largest absolute Gasteiger partial charge is 0.386 e. The highest BCUT2D eigenvalue weighted by atomic mass is 16.5. The Labute approximate surface area is 109 Å². The van der Waals surface area contributed by atoms with Gasteiger partial charge in [0.2, 0.25) is 0 Å². The summed E-state index contributed by atoms with van der Waals surface area (Å²) in [5.74, 6) is 0. The minimum absolute atomic E-state index is 0.357. The quantitative estimate of drug-likeness (QED) is 0.834. The fourth-order valence-corrected chi connectivity index (χ4v) is 2.34. The van der Waals surface area contributed by atoms with E-state index in [1.54, 1.807) is 0 Å². The lowest BCUT2D eigenvalue weighted by molar-refractivity contribution is 0.0252. The van der Waals surface area contributed by atoms with E-state index in [0.29, 0.717) is 25.8 Å². The lowest BCUT2D eigenvalue weighted by Crippen LogP contribution is -2.44. The zero-order valence-electron chi connectivity index (χ0n) is 11.3. The minimum atomic E-state index is -0.667. The molecule has 3 heteroatoms. The van der Waals surface area contributed by atoms with Crippen molar-refractivity contribution in [1.82, 2.24) is 5.32 Å². The molecule has 2 N–H and O–H groups in total. The standard InChI is InChI=1S/C15H23NO2/c1-12-5-3-4-6-14(12)9-13(2)16-10-15(17)7-8-18-11-15/h3-6,13,16-17H,7-11H2,1-2H3. The molecule has 100 valence electrons. The van der Waals surface area contributed by atoms with Crippen molar-refractivity contribution in [3.8, 4) is 0 Å². The average molecular weight is 249 g/mol. The smallest absolute Gasteiger partial charge is 0.102 e. The predicted molar refractivity (Wildman–Crippen MR) is 72.7 cm³/mol. The molecule has 0 amide bonds. The molecular weight excluding hydrogens is 226 g/mol. The summed E-state index contributed by atoms with van der Waals surface area (Å²) >= 11 is 0. The van der Waals surface area contributed by atoms with E-state index in [2.05, 4.69) is 43.4 Å². The van der Waals surface area contributed by atoms with Crippen LogP contribution < -0.4 is 5.32 Å². The van der Waals surface area contributed by atoms with Crippen molar-refractivity contribution >= 4 is 0 Å². The molecule has 0 bridgehead atoms. The summed E-state index contributed by atoms with van der Waals surface area (Å²) in [4.78, 5) is 0. The zero-order valence-corrected chi connectivity index (χ0v) is 11.3. The Morgan fingerprint density at radius 3 is 2.89 bits per heavy atom. The van der Waals surface area contributed by atoms with Gasteiger partial charge in [0.05, 0.1) is 6.61 Å². The Hall–Kier alpha value is -0.900. The molecule has 1 saturated heterocycles. The second-order valence-electron chi connectivity index (χ2n) is 5.44. The monoisotopic (exact) mass is 249 g/mol. The molecule has 3 nitrogen and oxygen atoms in total.